The van der Waals surface area contributed by atoms with Crippen molar-refractivity contribution in [2.75, 3.05) is 18.0 Å². The van der Waals surface area contributed by atoms with Gasteiger partial charge in [-0.1, -0.05) is 13.8 Å². The van der Waals surface area contributed by atoms with Crippen LogP contribution in [0.25, 0.3) is 0 Å². The molecule has 0 N–H and O–H groups in total. The molecule has 1 aliphatic heterocycles. The van der Waals surface area contributed by atoms with Crippen LogP contribution in [0.3, 0.4) is 0 Å². The number of aromatic nitrogens is 2. The highest BCUT2D eigenvalue weighted by atomic mass is 35.5. The monoisotopic (exact) mass is 283 g/mol. The van der Waals surface area contributed by atoms with Crippen LogP contribution in [-0.4, -0.2) is 40.0 Å². The number of halogens is 1. The van der Waals surface area contributed by atoms with Crippen LogP contribution in [0.1, 0.15) is 30.8 Å². The minimum absolute atomic E-state index is 0.110. The lowest BCUT2D eigenvalue weighted by molar-refractivity contribution is -0.748. The van der Waals surface area contributed by atoms with Gasteiger partial charge >= 0.3 is 11.9 Å². The van der Waals surface area contributed by atoms with E-state index >= 15 is 0 Å². The summed E-state index contributed by atoms with van der Waals surface area (Å²) in [5.41, 5.74) is 0.142. The van der Waals surface area contributed by atoms with Gasteiger partial charge in [0, 0.05) is 30.1 Å². The Balaban J connectivity index is 2.49. The highest BCUT2D eigenvalue weighted by Gasteiger charge is 2.52. The highest BCUT2D eigenvalue weighted by Crippen LogP contribution is 2.31. The molecule has 0 saturated heterocycles. The molecule has 1 aromatic rings. The topological polar surface area (TPSA) is 63.2 Å². The van der Waals surface area contributed by atoms with E-state index in [4.69, 9.17) is 11.8 Å². The third kappa shape index (κ3) is 2.11. The molecule has 0 aromatic carbocycles. The minimum Gasteiger partial charge on any atom is -0.242 e. The van der Waals surface area contributed by atoms with E-state index in [1.807, 2.05) is 13.8 Å². The van der Waals surface area contributed by atoms with Gasteiger partial charge in [0.15, 0.2) is 5.82 Å². The van der Waals surface area contributed by atoms with Crippen molar-refractivity contribution in [3.05, 3.63) is 18.1 Å². The molecular weight excluding hydrogens is 268 g/mol. The maximum Gasteiger partial charge on any atom is 0.447 e. The number of fused-ring (bicyclic) bond motifs is 1. The van der Waals surface area contributed by atoms with Crippen molar-refractivity contribution in [1.29, 1.82) is 0 Å². The number of hydrogen-bond acceptors (Lipinski definition) is 4. The van der Waals surface area contributed by atoms with Gasteiger partial charge in [-0.3, -0.25) is 0 Å². The van der Waals surface area contributed by atoms with Crippen molar-refractivity contribution in [3.8, 4) is 0 Å². The zero-order valence-electron chi connectivity index (χ0n) is 11.1. The molecule has 6 nitrogen and oxygen atoms in total. The molecule has 0 spiro atoms. The number of carbonyl (C=O) groups is 2. The van der Waals surface area contributed by atoms with E-state index in [9.17, 15) is 9.59 Å². The minimum atomic E-state index is -0.486. The lowest BCUT2D eigenvalue weighted by atomic mass is 10.1. The molecule has 19 heavy (non-hydrogen) atoms. The second-order valence-electron chi connectivity index (χ2n) is 4.98. The zero-order valence-corrected chi connectivity index (χ0v) is 11.9. The van der Waals surface area contributed by atoms with Gasteiger partial charge in [-0.2, -0.15) is 4.48 Å². The Morgan fingerprint density at radius 1 is 1.37 bits per heavy atom. The lowest BCUT2D eigenvalue weighted by Crippen LogP contribution is -2.62. The van der Waals surface area contributed by atoms with Crippen molar-refractivity contribution < 1.29 is 14.1 Å². The standard InChI is InChI=1S/C12H16ClN4O2/c1-4-8(2)7-17(3)11(18)9-10(15-6-5-14-9)16(13)12(17)19/h5-6,8H,4,7H2,1-3H3/q+1. The molecule has 2 rings (SSSR count). The molecule has 0 radical (unpaired) electrons. The Kier molecular flexibility index (Phi) is 3.56. The summed E-state index contributed by atoms with van der Waals surface area (Å²) in [6.07, 6.45) is 3.70. The number of carbonyl (C=O) groups excluding carboxylic acids is 2. The molecule has 0 aliphatic carbocycles. The van der Waals surface area contributed by atoms with Crippen LogP contribution in [0.2, 0.25) is 0 Å². The predicted molar refractivity (Wildman–Crippen MR) is 70.6 cm³/mol. The fraction of sp³-hybridized carbons (Fsp3) is 0.500. The van der Waals surface area contributed by atoms with Gasteiger partial charge in [0.1, 0.15) is 0 Å². The first kappa shape index (κ1) is 13.9. The Morgan fingerprint density at radius 2 is 2.00 bits per heavy atom. The van der Waals surface area contributed by atoms with Gasteiger partial charge in [-0.15, -0.1) is 4.42 Å². The van der Waals surface area contributed by atoms with E-state index in [2.05, 4.69) is 9.97 Å². The summed E-state index contributed by atoms with van der Waals surface area (Å²) < 4.78 is 0.496. The molecule has 0 saturated carbocycles. The number of imide groups is 1. The number of anilines is 1. The van der Waals surface area contributed by atoms with Crippen molar-refractivity contribution in [3.63, 3.8) is 0 Å². The summed E-state index contributed by atoms with van der Waals surface area (Å²) in [5, 5.41) is 0. The van der Waals surface area contributed by atoms with Crippen molar-refractivity contribution in [2.24, 2.45) is 5.92 Å². The summed E-state index contributed by atoms with van der Waals surface area (Å²) in [4.78, 5) is 32.8. The molecule has 1 aliphatic rings. The predicted octanol–water partition coefficient (Wildman–Crippen LogP) is 2.20. The average Bonchev–Trinajstić information content (AvgIpc) is 2.43. The molecular formula is C12H16ClN4O2+. The summed E-state index contributed by atoms with van der Waals surface area (Å²) in [7, 11) is 1.57. The van der Waals surface area contributed by atoms with Gasteiger partial charge in [0.25, 0.3) is 0 Å². The second-order valence-corrected chi connectivity index (χ2v) is 5.32. The van der Waals surface area contributed by atoms with Crippen LogP contribution in [0, 0.1) is 5.92 Å². The number of quaternary nitrogens is 1. The molecule has 0 fully saturated rings. The van der Waals surface area contributed by atoms with E-state index in [1.165, 1.54) is 12.4 Å². The van der Waals surface area contributed by atoms with E-state index in [0.29, 0.717) is 6.54 Å². The third-order valence-corrected chi connectivity index (χ3v) is 3.78. The molecule has 2 atom stereocenters. The number of urea groups is 1. The maximum atomic E-state index is 12.5. The maximum absolute atomic E-state index is 12.5. The van der Waals surface area contributed by atoms with E-state index in [1.54, 1.807) is 7.05 Å². The first-order valence-corrected chi connectivity index (χ1v) is 6.47. The van der Waals surface area contributed by atoms with Crippen LogP contribution in [0.5, 0.6) is 0 Å². The smallest absolute Gasteiger partial charge is 0.242 e. The van der Waals surface area contributed by atoms with E-state index in [-0.39, 0.29) is 23.3 Å². The van der Waals surface area contributed by atoms with Crippen LogP contribution >= 0.6 is 11.8 Å². The molecule has 0 bridgehead atoms. The Hall–Kier alpha value is -1.53. The summed E-state index contributed by atoms with van der Waals surface area (Å²) in [6.45, 7) is 4.41. The number of nitrogens with zero attached hydrogens (tertiary/aromatic N) is 4. The molecule has 2 unspecified atom stereocenters. The lowest BCUT2D eigenvalue weighted by Gasteiger charge is -2.35. The largest absolute Gasteiger partial charge is 0.447 e. The number of hydrogen-bond donors (Lipinski definition) is 0. The Morgan fingerprint density at radius 3 is 2.63 bits per heavy atom. The van der Waals surface area contributed by atoms with Crippen molar-refractivity contribution in [1.82, 2.24) is 9.97 Å². The van der Waals surface area contributed by atoms with Gasteiger partial charge in [-0.25, -0.2) is 19.6 Å². The Bertz CT molecular complexity index is 536. The van der Waals surface area contributed by atoms with E-state index < -0.39 is 10.5 Å². The van der Waals surface area contributed by atoms with E-state index in [0.717, 1.165) is 10.8 Å². The van der Waals surface area contributed by atoms with Gasteiger partial charge in [0.2, 0.25) is 5.69 Å². The molecule has 2 heterocycles. The van der Waals surface area contributed by atoms with Gasteiger partial charge < -0.3 is 0 Å². The van der Waals surface area contributed by atoms with Gasteiger partial charge in [0.05, 0.1) is 13.6 Å². The first-order valence-electron chi connectivity index (χ1n) is 6.13. The Labute approximate surface area is 116 Å². The van der Waals surface area contributed by atoms with Crippen LogP contribution < -0.4 is 4.42 Å². The summed E-state index contributed by atoms with van der Waals surface area (Å²) in [6, 6.07) is -0.486. The quantitative estimate of drug-likeness (QED) is 0.630. The average molecular weight is 284 g/mol. The second kappa shape index (κ2) is 4.86. The van der Waals surface area contributed by atoms with Crippen molar-refractivity contribution in [2.45, 2.75) is 20.3 Å². The highest BCUT2D eigenvalue weighted by molar-refractivity contribution is 6.37. The first-order chi connectivity index (χ1) is 8.91. The number of amides is 3. The third-order valence-electron chi connectivity index (χ3n) is 3.48. The fourth-order valence-corrected chi connectivity index (χ4v) is 2.43. The summed E-state index contributed by atoms with van der Waals surface area (Å²) in [5.74, 6) is -0.0228. The molecule has 102 valence electrons. The van der Waals surface area contributed by atoms with Crippen molar-refractivity contribution >= 4 is 29.5 Å². The van der Waals surface area contributed by atoms with Crippen LogP contribution in [0.15, 0.2) is 12.4 Å². The molecule has 3 amide bonds. The normalized spacial score (nSPS) is 24.3. The SMILES string of the molecule is CCC(C)C[N+]1(C)C(=O)c2nccnc2N(Cl)C1=O. The fourth-order valence-electron chi connectivity index (χ4n) is 2.14. The zero-order chi connectivity index (χ0) is 14.2. The molecule has 7 heteroatoms. The van der Waals surface area contributed by atoms with Gasteiger partial charge in [-0.05, 0) is 6.42 Å². The van der Waals surface area contributed by atoms with Crippen LogP contribution in [0.4, 0.5) is 10.6 Å². The summed E-state index contributed by atoms with van der Waals surface area (Å²) >= 11 is 5.99. The molecule has 1 aromatic heterocycles. The number of rotatable bonds is 3. The van der Waals surface area contributed by atoms with Crippen LogP contribution in [-0.2, 0) is 0 Å².